The van der Waals surface area contributed by atoms with Gasteiger partial charge in [-0.3, -0.25) is 5.41 Å². The van der Waals surface area contributed by atoms with Crippen molar-refractivity contribution in [2.45, 2.75) is 18.9 Å². The molecule has 0 amide bonds. The minimum atomic E-state index is 0.0819. The van der Waals surface area contributed by atoms with Crippen LogP contribution in [0.1, 0.15) is 12.8 Å². The minimum Gasteiger partial charge on any atom is -0.370 e. The summed E-state index contributed by atoms with van der Waals surface area (Å²) in [6.07, 6.45) is 2.23. The van der Waals surface area contributed by atoms with Crippen LogP contribution in [0.4, 0.5) is 0 Å². The summed E-state index contributed by atoms with van der Waals surface area (Å²) in [6, 6.07) is 0. The van der Waals surface area contributed by atoms with Crippen molar-refractivity contribution < 1.29 is 4.74 Å². The second-order valence-corrected chi connectivity index (χ2v) is 4.18. The Labute approximate surface area is 85.3 Å². The lowest BCUT2D eigenvalue weighted by Gasteiger charge is -2.35. The van der Waals surface area contributed by atoms with E-state index in [2.05, 4.69) is 16.8 Å². The van der Waals surface area contributed by atoms with Gasteiger partial charge in [-0.25, -0.2) is 0 Å². The van der Waals surface area contributed by atoms with Gasteiger partial charge in [-0.2, -0.15) is 0 Å². The molecule has 0 spiro atoms. The van der Waals surface area contributed by atoms with Gasteiger partial charge >= 0.3 is 0 Å². The first-order valence-electron chi connectivity index (χ1n) is 5.41. The molecular formula is C10H19N3O. The standard InChI is InChI=1S/C10H19N3O/c1-12-4-6-13(7-5-12)10(11)9-3-2-8-14-9/h9,11H,2-8H2,1H3. The zero-order valence-electron chi connectivity index (χ0n) is 8.83. The maximum Gasteiger partial charge on any atom is 0.126 e. The fourth-order valence-electron chi connectivity index (χ4n) is 2.04. The quantitative estimate of drug-likeness (QED) is 0.488. The van der Waals surface area contributed by atoms with E-state index in [1.54, 1.807) is 0 Å². The van der Waals surface area contributed by atoms with Gasteiger partial charge in [0.25, 0.3) is 0 Å². The van der Waals surface area contributed by atoms with Gasteiger partial charge in [0, 0.05) is 32.8 Å². The summed E-state index contributed by atoms with van der Waals surface area (Å²) in [7, 11) is 2.13. The Morgan fingerprint density at radius 3 is 2.57 bits per heavy atom. The molecule has 2 rings (SSSR count). The number of ether oxygens (including phenoxy) is 1. The molecule has 0 aromatic carbocycles. The summed E-state index contributed by atoms with van der Waals surface area (Å²) in [5.74, 6) is 0.704. The molecule has 2 saturated heterocycles. The van der Waals surface area contributed by atoms with Gasteiger partial charge < -0.3 is 14.5 Å². The molecule has 0 saturated carbocycles. The summed E-state index contributed by atoms with van der Waals surface area (Å²) < 4.78 is 5.51. The number of nitrogens with zero attached hydrogens (tertiary/aromatic N) is 2. The van der Waals surface area contributed by atoms with E-state index in [1.807, 2.05) is 0 Å². The van der Waals surface area contributed by atoms with Crippen LogP contribution in [0.2, 0.25) is 0 Å². The molecule has 0 bridgehead atoms. The maximum atomic E-state index is 8.03. The third-order valence-electron chi connectivity index (χ3n) is 3.08. The zero-order chi connectivity index (χ0) is 9.97. The summed E-state index contributed by atoms with van der Waals surface area (Å²) in [6.45, 7) is 4.93. The Hall–Kier alpha value is -0.610. The van der Waals surface area contributed by atoms with Gasteiger partial charge in [0.15, 0.2) is 0 Å². The van der Waals surface area contributed by atoms with Crippen molar-refractivity contribution in [2.75, 3.05) is 39.8 Å². The SMILES string of the molecule is CN1CCN(C(=N)C2CCCO2)CC1. The molecule has 1 N–H and O–H groups in total. The Bertz CT molecular complexity index is 205. The molecule has 0 radical (unpaired) electrons. The highest BCUT2D eigenvalue weighted by atomic mass is 16.5. The van der Waals surface area contributed by atoms with Gasteiger partial charge in [-0.15, -0.1) is 0 Å². The van der Waals surface area contributed by atoms with Crippen LogP contribution in [0.3, 0.4) is 0 Å². The molecule has 0 aliphatic carbocycles. The number of piperazine rings is 1. The van der Waals surface area contributed by atoms with E-state index in [1.165, 1.54) is 0 Å². The van der Waals surface area contributed by atoms with E-state index in [-0.39, 0.29) is 6.10 Å². The Kier molecular flexibility index (Phi) is 3.03. The summed E-state index contributed by atoms with van der Waals surface area (Å²) in [4.78, 5) is 4.47. The van der Waals surface area contributed by atoms with E-state index in [4.69, 9.17) is 10.1 Å². The third-order valence-corrected chi connectivity index (χ3v) is 3.08. The number of hydrogen-bond acceptors (Lipinski definition) is 3. The van der Waals surface area contributed by atoms with Crippen molar-refractivity contribution >= 4 is 5.84 Å². The smallest absolute Gasteiger partial charge is 0.126 e. The van der Waals surface area contributed by atoms with Crippen LogP contribution in [0.5, 0.6) is 0 Å². The Morgan fingerprint density at radius 1 is 1.29 bits per heavy atom. The first-order valence-corrected chi connectivity index (χ1v) is 5.41. The Balaban J connectivity index is 1.85. The monoisotopic (exact) mass is 197 g/mol. The molecule has 0 aromatic heterocycles. The predicted octanol–water partition coefficient (Wildman–Crippen LogP) is 0.390. The zero-order valence-corrected chi connectivity index (χ0v) is 8.83. The topological polar surface area (TPSA) is 39.6 Å². The number of hydrogen-bond donors (Lipinski definition) is 1. The molecule has 4 heteroatoms. The average Bonchev–Trinajstić information content (AvgIpc) is 2.71. The van der Waals surface area contributed by atoms with Crippen LogP contribution in [-0.4, -0.2) is 61.6 Å². The lowest BCUT2D eigenvalue weighted by atomic mass is 10.2. The van der Waals surface area contributed by atoms with Crippen molar-refractivity contribution in [3.05, 3.63) is 0 Å². The Morgan fingerprint density at radius 2 is 2.00 bits per heavy atom. The molecule has 1 atom stereocenters. The summed E-state index contributed by atoms with van der Waals surface area (Å²) in [5, 5.41) is 8.03. The van der Waals surface area contributed by atoms with E-state index in [9.17, 15) is 0 Å². The highest BCUT2D eigenvalue weighted by Gasteiger charge is 2.26. The second-order valence-electron chi connectivity index (χ2n) is 4.18. The highest BCUT2D eigenvalue weighted by Crippen LogP contribution is 2.15. The van der Waals surface area contributed by atoms with Crippen LogP contribution >= 0.6 is 0 Å². The van der Waals surface area contributed by atoms with Crippen molar-refractivity contribution in [3.63, 3.8) is 0 Å². The predicted molar refractivity (Wildman–Crippen MR) is 55.8 cm³/mol. The van der Waals surface area contributed by atoms with Gasteiger partial charge in [-0.05, 0) is 19.9 Å². The van der Waals surface area contributed by atoms with Crippen LogP contribution in [0.15, 0.2) is 0 Å². The molecule has 2 aliphatic rings. The molecule has 0 aromatic rings. The number of amidine groups is 1. The van der Waals surface area contributed by atoms with Gasteiger partial charge in [0.1, 0.15) is 11.9 Å². The third kappa shape index (κ3) is 2.07. The number of likely N-dealkylation sites (N-methyl/N-ethyl adjacent to an activating group) is 1. The lowest BCUT2D eigenvalue weighted by molar-refractivity contribution is 0.135. The van der Waals surface area contributed by atoms with Crippen molar-refractivity contribution in [3.8, 4) is 0 Å². The van der Waals surface area contributed by atoms with E-state index >= 15 is 0 Å². The molecule has 1 unspecified atom stereocenters. The maximum absolute atomic E-state index is 8.03. The van der Waals surface area contributed by atoms with Crippen LogP contribution in [-0.2, 0) is 4.74 Å². The molecule has 2 heterocycles. The van der Waals surface area contributed by atoms with E-state index < -0.39 is 0 Å². The minimum absolute atomic E-state index is 0.0819. The number of rotatable bonds is 1. The molecule has 2 aliphatic heterocycles. The fourth-order valence-corrected chi connectivity index (χ4v) is 2.04. The highest BCUT2D eigenvalue weighted by molar-refractivity contribution is 5.84. The normalized spacial score (nSPS) is 29.5. The van der Waals surface area contributed by atoms with Crippen LogP contribution in [0.25, 0.3) is 0 Å². The van der Waals surface area contributed by atoms with Crippen molar-refractivity contribution in [1.82, 2.24) is 9.80 Å². The summed E-state index contributed by atoms with van der Waals surface area (Å²) in [5.41, 5.74) is 0. The first kappa shape index (κ1) is 9.93. The summed E-state index contributed by atoms with van der Waals surface area (Å²) >= 11 is 0. The molecular weight excluding hydrogens is 178 g/mol. The first-order chi connectivity index (χ1) is 6.77. The largest absolute Gasteiger partial charge is 0.370 e. The second kappa shape index (κ2) is 4.28. The van der Waals surface area contributed by atoms with E-state index in [0.717, 1.165) is 45.6 Å². The van der Waals surface area contributed by atoms with Crippen molar-refractivity contribution in [2.24, 2.45) is 0 Å². The molecule has 14 heavy (non-hydrogen) atoms. The van der Waals surface area contributed by atoms with Gasteiger partial charge in [0.2, 0.25) is 0 Å². The average molecular weight is 197 g/mol. The fraction of sp³-hybridized carbons (Fsp3) is 0.900. The lowest BCUT2D eigenvalue weighted by Crippen LogP contribution is -2.49. The molecule has 80 valence electrons. The number of nitrogens with one attached hydrogen (secondary N) is 1. The van der Waals surface area contributed by atoms with Crippen LogP contribution < -0.4 is 0 Å². The van der Waals surface area contributed by atoms with Crippen molar-refractivity contribution in [1.29, 1.82) is 5.41 Å². The molecule has 2 fully saturated rings. The van der Waals surface area contributed by atoms with Crippen LogP contribution in [0, 0.1) is 5.41 Å². The molecule has 4 nitrogen and oxygen atoms in total. The van der Waals surface area contributed by atoms with E-state index in [0.29, 0.717) is 5.84 Å². The van der Waals surface area contributed by atoms with Gasteiger partial charge in [-0.1, -0.05) is 0 Å². The van der Waals surface area contributed by atoms with Gasteiger partial charge in [0.05, 0.1) is 0 Å².